The number of hydrogen-bond donors (Lipinski definition) is 2. The Hall–Kier alpha value is -1.00. The second-order valence-electron chi connectivity index (χ2n) is 3.16. The Morgan fingerprint density at radius 2 is 2.27 bits per heavy atom. The Morgan fingerprint density at radius 3 is 2.93 bits per heavy atom. The van der Waals surface area contributed by atoms with Gasteiger partial charge in [0.05, 0.1) is 10.7 Å². The summed E-state index contributed by atoms with van der Waals surface area (Å²) in [6, 6.07) is 5.62. The van der Waals surface area contributed by atoms with E-state index in [1.807, 2.05) is 25.1 Å². The summed E-state index contributed by atoms with van der Waals surface area (Å²) in [5, 5.41) is 3.76. The van der Waals surface area contributed by atoms with Gasteiger partial charge in [0.15, 0.2) is 0 Å². The van der Waals surface area contributed by atoms with Crippen molar-refractivity contribution in [1.29, 1.82) is 0 Å². The standard InChI is InChI=1S/C10H9BrClN3/c1-6-5-13-10(14-6)15-9-4-7(11)2-3-8(9)12/h2-5H,1H3,(H2,13,14,15). The predicted octanol–water partition coefficient (Wildman–Crippen LogP) is 3.88. The fraction of sp³-hybridized carbons (Fsp3) is 0.100. The maximum absolute atomic E-state index is 6.03. The number of imidazole rings is 1. The normalized spacial score (nSPS) is 10.3. The number of anilines is 2. The lowest BCUT2D eigenvalue weighted by Gasteiger charge is -2.05. The minimum Gasteiger partial charge on any atom is -0.328 e. The smallest absolute Gasteiger partial charge is 0.204 e. The van der Waals surface area contributed by atoms with E-state index in [2.05, 4.69) is 31.2 Å². The molecule has 2 aromatic rings. The van der Waals surface area contributed by atoms with Gasteiger partial charge in [-0.05, 0) is 25.1 Å². The van der Waals surface area contributed by atoms with Crippen molar-refractivity contribution in [2.75, 3.05) is 5.32 Å². The van der Waals surface area contributed by atoms with E-state index in [0.29, 0.717) is 11.0 Å². The Kier molecular flexibility index (Phi) is 2.98. The molecule has 0 amide bonds. The molecule has 0 aliphatic heterocycles. The zero-order chi connectivity index (χ0) is 10.8. The lowest BCUT2D eigenvalue weighted by molar-refractivity contribution is 1.24. The molecule has 0 radical (unpaired) electrons. The molecule has 0 saturated heterocycles. The van der Waals surface area contributed by atoms with Gasteiger partial charge in [-0.3, -0.25) is 0 Å². The molecule has 5 heteroatoms. The van der Waals surface area contributed by atoms with Gasteiger partial charge in [0, 0.05) is 16.4 Å². The zero-order valence-electron chi connectivity index (χ0n) is 8.01. The quantitative estimate of drug-likeness (QED) is 0.879. The molecule has 1 heterocycles. The number of nitrogens with zero attached hydrogens (tertiary/aromatic N) is 1. The van der Waals surface area contributed by atoms with Crippen molar-refractivity contribution in [3.8, 4) is 0 Å². The van der Waals surface area contributed by atoms with Crippen LogP contribution in [0.15, 0.2) is 28.9 Å². The van der Waals surface area contributed by atoms with E-state index in [9.17, 15) is 0 Å². The summed E-state index contributed by atoms with van der Waals surface area (Å²) in [7, 11) is 0. The van der Waals surface area contributed by atoms with Crippen molar-refractivity contribution in [2.45, 2.75) is 6.92 Å². The number of aryl methyl sites for hydroxylation is 1. The maximum atomic E-state index is 6.03. The molecule has 2 rings (SSSR count). The van der Waals surface area contributed by atoms with E-state index in [0.717, 1.165) is 15.9 Å². The zero-order valence-corrected chi connectivity index (χ0v) is 10.4. The summed E-state index contributed by atoms with van der Waals surface area (Å²) in [6.07, 6.45) is 1.76. The second kappa shape index (κ2) is 4.24. The van der Waals surface area contributed by atoms with E-state index in [1.54, 1.807) is 6.20 Å². The molecular weight excluding hydrogens is 277 g/mol. The van der Waals surface area contributed by atoms with E-state index in [1.165, 1.54) is 0 Å². The Labute approximate surface area is 101 Å². The van der Waals surface area contributed by atoms with Gasteiger partial charge in [0.2, 0.25) is 5.95 Å². The SMILES string of the molecule is Cc1cnc(Nc2cc(Br)ccc2Cl)[nH]1. The second-order valence-corrected chi connectivity index (χ2v) is 4.49. The Morgan fingerprint density at radius 1 is 1.47 bits per heavy atom. The number of aromatic nitrogens is 2. The van der Waals surface area contributed by atoms with Gasteiger partial charge in [-0.25, -0.2) is 4.98 Å². The molecule has 1 aromatic heterocycles. The molecule has 0 bridgehead atoms. The van der Waals surface area contributed by atoms with Crippen molar-refractivity contribution < 1.29 is 0 Å². The Balaban J connectivity index is 2.27. The summed E-state index contributed by atoms with van der Waals surface area (Å²) >= 11 is 9.41. The molecule has 15 heavy (non-hydrogen) atoms. The van der Waals surface area contributed by atoms with Gasteiger partial charge < -0.3 is 10.3 Å². The first kappa shape index (κ1) is 10.5. The first-order valence-corrected chi connectivity index (χ1v) is 5.56. The van der Waals surface area contributed by atoms with E-state index >= 15 is 0 Å². The maximum Gasteiger partial charge on any atom is 0.204 e. The number of aromatic amines is 1. The molecular formula is C10H9BrClN3. The van der Waals surface area contributed by atoms with Crippen LogP contribution in [0.2, 0.25) is 5.02 Å². The average Bonchev–Trinajstić information content (AvgIpc) is 2.58. The van der Waals surface area contributed by atoms with Gasteiger partial charge in [0.25, 0.3) is 0 Å². The molecule has 1 aromatic carbocycles. The van der Waals surface area contributed by atoms with E-state index in [-0.39, 0.29) is 0 Å². The van der Waals surface area contributed by atoms with Crippen LogP contribution in [0.5, 0.6) is 0 Å². The van der Waals surface area contributed by atoms with Crippen LogP contribution in [-0.4, -0.2) is 9.97 Å². The third kappa shape index (κ3) is 2.52. The van der Waals surface area contributed by atoms with Crippen LogP contribution in [0, 0.1) is 6.92 Å². The van der Waals surface area contributed by atoms with Crippen molar-refractivity contribution in [1.82, 2.24) is 9.97 Å². The third-order valence-electron chi connectivity index (χ3n) is 1.88. The summed E-state index contributed by atoms with van der Waals surface area (Å²) in [5.74, 6) is 0.688. The highest BCUT2D eigenvalue weighted by Gasteiger charge is 2.03. The minimum atomic E-state index is 0.659. The lowest BCUT2D eigenvalue weighted by Crippen LogP contribution is -1.93. The number of hydrogen-bond acceptors (Lipinski definition) is 2. The van der Waals surface area contributed by atoms with Gasteiger partial charge >= 0.3 is 0 Å². The molecule has 0 aliphatic rings. The fourth-order valence-corrected chi connectivity index (χ4v) is 1.72. The summed E-state index contributed by atoms with van der Waals surface area (Å²) in [5.41, 5.74) is 1.82. The summed E-state index contributed by atoms with van der Waals surface area (Å²) < 4.78 is 0.970. The fourth-order valence-electron chi connectivity index (χ4n) is 1.20. The molecule has 0 atom stereocenters. The average molecular weight is 287 g/mol. The lowest BCUT2D eigenvalue weighted by atomic mass is 10.3. The van der Waals surface area contributed by atoms with Crippen LogP contribution in [0.4, 0.5) is 11.6 Å². The first-order chi connectivity index (χ1) is 7.15. The number of rotatable bonds is 2. The van der Waals surface area contributed by atoms with Crippen molar-refractivity contribution in [2.24, 2.45) is 0 Å². The first-order valence-electron chi connectivity index (χ1n) is 4.39. The predicted molar refractivity (Wildman–Crippen MR) is 65.8 cm³/mol. The minimum absolute atomic E-state index is 0.659. The van der Waals surface area contributed by atoms with Crippen LogP contribution >= 0.6 is 27.5 Å². The molecule has 3 nitrogen and oxygen atoms in total. The summed E-state index contributed by atoms with van der Waals surface area (Å²) in [4.78, 5) is 7.22. The number of nitrogens with one attached hydrogen (secondary N) is 2. The van der Waals surface area contributed by atoms with Crippen LogP contribution < -0.4 is 5.32 Å². The van der Waals surface area contributed by atoms with Crippen LogP contribution in [0.25, 0.3) is 0 Å². The largest absolute Gasteiger partial charge is 0.328 e. The van der Waals surface area contributed by atoms with Gasteiger partial charge in [0.1, 0.15) is 0 Å². The van der Waals surface area contributed by atoms with Gasteiger partial charge in [-0.1, -0.05) is 27.5 Å². The number of halogens is 2. The third-order valence-corrected chi connectivity index (χ3v) is 2.71. The van der Waals surface area contributed by atoms with Crippen molar-refractivity contribution >= 4 is 39.2 Å². The highest BCUT2D eigenvalue weighted by atomic mass is 79.9. The molecule has 0 unspecified atom stereocenters. The highest BCUT2D eigenvalue weighted by molar-refractivity contribution is 9.10. The summed E-state index contributed by atoms with van der Waals surface area (Å²) in [6.45, 7) is 1.95. The van der Waals surface area contributed by atoms with E-state index in [4.69, 9.17) is 11.6 Å². The molecule has 0 saturated carbocycles. The molecule has 0 aliphatic carbocycles. The van der Waals surface area contributed by atoms with Crippen molar-refractivity contribution in [3.63, 3.8) is 0 Å². The van der Waals surface area contributed by atoms with E-state index < -0.39 is 0 Å². The van der Waals surface area contributed by atoms with Crippen LogP contribution in [-0.2, 0) is 0 Å². The highest BCUT2D eigenvalue weighted by Crippen LogP contribution is 2.27. The van der Waals surface area contributed by atoms with Gasteiger partial charge in [-0.2, -0.15) is 0 Å². The molecule has 78 valence electrons. The molecule has 0 spiro atoms. The number of H-pyrrole nitrogens is 1. The van der Waals surface area contributed by atoms with Crippen molar-refractivity contribution in [3.05, 3.63) is 39.6 Å². The molecule has 2 N–H and O–H groups in total. The van der Waals surface area contributed by atoms with Crippen LogP contribution in [0.3, 0.4) is 0 Å². The molecule has 0 fully saturated rings. The topological polar surface area (TPSA) is 40.7 Å². The van der Waals surface area contributed by atoms with Crippen LogP contribution in [0.1, 0.15) is 5.69 Å². The van der Waals surface area contributed by atoms with Gasteiger partial charge in [-0.15, -0.1) is 0 Å². The number of benzene rings is 1. The Bertz CT molecular complexity index is 481. The monoisotopic (exact) mass is 285 g/mol.